The van der Waals surface area contributed by atoms with Crippen molar-refractivity contribution in [1.82, 2.24) is 24.6 Å². The van der Waals surface area contributed by atoms with Crippen LogP contribution in [0.15, 0.2) is 24.3 Å². The SMILES string of the molecule is Cc1cc(C)n(CCN(C)C(=O)Cc2ccc3nc(C)[nH]c3c2)n1.O=CO. The minimum atomic E-state index is -0.250. The second-order valence-corrected chi connectivity index (χ2v) is 6.42. The average molecular weight is 371 g/mol. The Bertz CT molecular complexity index is 929. The van der Waals surface area contributed by atoms with Gasteiger partial charge in [0.15, 0.2) is 0 Å². The molecule has 0 aliphatic heterocycles. The summed E-state index contributed by atoms with van der Waals surface area (Å²) in [5, 5.41) is 11.3. The number of amides is 1. The summed E-state index contributed by atoms with van der Waals surface area (Å²) in [5.74, 6) is 0.989. The molecule has 144 valence electrons. The van der Waals surface area contributed by atoms with Gasteiger partial charge in [-0.25, -0.2) is 4.98 Å². The van der Waals surface area contributed by atoms with E-state index in [-0.39, 0.29) is 12.4 Å². The topological polar surface area (TPSA) is 104 Å². The normalized spacial score (nSPS) is 10.4. The second-order valence-electron chi connectivity index (χ2n) is 6.42. The molecule has 3 aromatic rings. The van der Waals surface area contributed by atoms with Gasteiger partial charge in [-0.3, -0.25) is 14.3 Å². The predicted octanol–water partition coefficient (Wildman–Crippen LogP) is 2.09. The van der Waals surface area contributed by atoms with Crippen molar-refractivity contribution in [3.63, 3.8) is 0 Å². The highest BCUT2D eigenvalue weighted by atomic mass is 16.3. The van der Waals surface area contributed by atoms with E-state index >= 15 is 0 Å². The first-order valence-corrected chi connectivity index (χ1v) is 8.62. The molecule has 0 unspecified atom stereocenters. The van der Waals surface area contributed by atoms with Crippen molar-refractivity contribution in [2.24, 2.45) is 0 Å². The van der Waals surface area contributed by atoms with Crippen LogP contribution >= 0.6 is 0 Å². The number of carbonyl (C=O) groups is 2. The monoisotopic (exact) mass is 371 g/mol. The minimum absolute atomic E-state index is 0.104. The standard InChI is InChI=1S/C18H23N5O.CH2O2/c1-12-9-13(2)23(21-12)8-7-22(4)18(24)11-15-5-6-16-17(10-15)20-14(3)19-16;2-1-3/h5-6,9-10H,7-8,11H2,1-4H3,(H,19,20);1H,(H,2,3). The van der Waals surface area contributed by atoms with Crippen LogP contribution in [0.3, 0.4) is 0 Å². The van der Waals surface area contributed by atoms with Crippen molar-refractivity contribution in [2.45, 2.75) is 33.7 Å². The first kappa shape index (κ1) is 20.2. The maximum Gasteiger partial charge on any atom is 0.290 e. The first-order chi connectivity index (χ1) is 12.8. The van der Waals surface area contributed by atoms with Crippen molar-refractivity contribution < 1.29 is 14.7 Å². The summed E-state index contributed by atoms with van der Waals surface area (Å²) in [5.41, 5.74) is 5.02. The van der Waals surface area contributed by atoms with Crippen LogP contribution in [-0.4, -0.2) is 55.7 Å². The lowest BCUT2D eigenvalue weighted by Gasteiger charge is -2.17. The Morgan fingerprint density at radius 1 is 1.30 bits per heavy atom. The van der Waals surface area contributed by atoms with Crippen molar-refractivity contribution in [3.05, 3.63) is 47.0 Å². The van der Waals surface area contributed by atoms with E-state index in [9.17, 15) is 4.79 Å². The Labute approximate surface area is 157 Å². The Kier molecular flexibility index (Phi) is 6.70. The number of H-pyrrole nitrogens is 1. The number of likely N-dealkylation sites (N-methyl/N-ethyl adjacent to an activating group) is 1. The highest BCUT2D eigenvalue weighted by molar-refractivity contribution is 5.81. The summed E-state index contributed by atoms with van der Waals surface area (Å²) in [6.45, 7) is 7.04. The third-order valence-corrected chi connectivity index (χ3v) is 4.20. The van der Waals surface area contributed by atoms with Crippen LogP contribution in [-0.2, 0) is 22.6 Å². The second kappa shape index (κ2) is 8.98. The third kappa shape index (κ3) is 5.40. The van der Waals surface area contributed by atoms with Gasteiger partial charge in [-0.05, 0) is 44.5 Å². The number of hydrogen-bond donors (Lipinski definition) is 2. The molecular formula is C19H25N5O3. The fourth-order valence-electron chi connectivity index (χ4n) is 2.87. The van der Waals surface area contributed by atoms with Crippen LogP contribution in [0.5, 0.6) is 0 Å². The molecule has 0 bridgehead atoms. The number of aryl methyl sites for hydroxylation is 3. The van der Waals surface area contributed by atoms with Gasteiger partial charge in [0, 0.05) is 19.3 Å². The fourth-order valence-corrected chi connectivity index (χ4v) is 2.87. The number of aromatic amines is 1. The number of benzene rings is 1. The number of nitrogens with one attached hydrogen (secondary N) is 1. The van der Waals surface area contributed by atoms with Crippen LogP contribution in [0.25, 0.3) is 11.0 Å². The molecule has 0 radical (unpaired) electrons. The summed E-state index contributed by atoms with van der Waals surface area (Å²) in [7, 11) is 1.84. The van der Waals surface area contributed by atoms with Gasteiger partial charge in [-0.1, -0.05) is 6.07 Å². The maximum absolute atomic E-state index is 12.4. The molecule has 0 aliphatic rings. The number of aromatic nitrogens is 4. The number of hydrogen-bond acceptors (Lipinski definition) is 4. The lowest BCUT2D eigenvalue weighted by Crippen LogP contribution is -2.31. The van der Waals surface area contributed by atoms with E-state index in [1.54, 1.807) is 4.90 Å². The van der Waals surface area contributed by atoms with Crippen LogP contribution in [0.4, 0.5) is 0 Å². The summed E-state index contributed by atoms with van der Waals surface area (Å²) >= 11 is 0. The van der Waals surface area contributed by atoms with E-state index in [0.29, 0.717) is 19.5 Å². The van der Waals surface area contributed by atoms with Crippen molar-refractivity contribution in [3.8, 4) is 0 Å². The molecule has 0 aliphatic carbocycles. The molecule has 8 heteroatoms. The molecule has 0 saturated heterocycles. The highest BCUT2D eigenvalue weighted by Gasteiger charge is 2.11. The summed E-state index contributed by atoms with van der Waals surface area (Å²) < 4.78 is 1.94. The van der Waals surface area contributed by atoms with Gasteiger partial charge in [0.05, 0.1) is 29.7 Å². The smallest absolute Gasteiger partial charge is 0.290 e. The summed E-state index contributed by atoms with van der Waals surface area (Å²) in [6.07, 6.45) is 0.391. The number of imidazole rings is 1. The quantitative estimate of drug-likeness (QED) is 0.668. The summed E-state index contributed by atoms with van der Waals surface area (Å²) in [6, 6.07) is 7.97. The van der Waals surface area contributed by atoms with Gasteiger partial charge in [0.1, 0.15) is 5.82 Å². The molecule has 0 fully saturated rings. The Morgan fingerprint density at radius 2 is 2.00 bits per heavy atom. The van der Waals surface area contributed by atoms with Gasteiger partial charge >= 0.3 is 0 Å². The van der Waals surface area contributed by atoms with E-state index in [1.165, 1.54) is 0 Å². The molecule has 2 heterocycles. The molecule has 2 aromatic heterocycles. The van der Waals surface area contributed by atoms with Gasteiger partial charge < -0.3 is 15.0 Å². The minimum Gasteiger partial charge on any atom is -0.483 e. The molecular weight excluding hydrogens is 346 g/mol. The molecule has 3 rings (SSSR count). The number of nitrogens with zero attached hydrogens (tertiary/aromatic N) is 4. The average Bonchev–Trinajstić information content (AvgIpc) is 3.13. The summed E-state index contributed by atoms with van der Waals surface area (Å²) in [4.78, 5) is 30.1. The van der Waals surface area contributed by atoms with E-state index in [2.05, 4.69) is 15.1 Å². The van der Waals surface area contributed by atoms with Crippen molar-refractivity contribution >= 4 is 23.4 Å². The van der Waals surface area contributed by atoms with Gasteiger partial charge in [-0.2, -0.15) is 5.10 Å². The molecule has 0 atom stereocenters. The number of carboxylic acid groups (broad SMARTS) is 1. The molecule has 0 saturated carbocycles. The van der Waals surface area contributed by atoms with E-state index in [4.69, 9.17) is 9.90 Å². The van der Waals surface area contributed by atoms with Crippen molar-refractivity contribution in [1.29, 1.82) is 0 Å². The van der Waals surface area contributed by atoms with Crippen LogP contribution in [0, 0.1) is 20.8 Å². The lowest BCUT2D eigenvalue weighted by atomic mass is 10.1. The Balaban J connectivity index is 0.000000817. The van der Waals surface area contributed by atoms with Crippen LogP contribution < -0.4 is 0 Å². The fraction of sp³-hybridized carbons (Fsp3) is 0.368. The number of rotatable bonds is 5. The molecule has 1 aromatic carbocycles. The number of fused-ring (bicyclic) bond motifs is 1. The maximum atomic E-state index is 12.4. The van der Waals surface area contributed by atoms with Crippen molar-refractivity contribution in [2.75, 3.05) is 13.6 Å². The zero-order valence-electron chi connectivity index (χ0n) is 16.1. The van der Waals surface area contributed by atoms with Gasteiger partial charge in [-0.15, -0.1) is 0 Å². The Hall–Kier alpha value is -3.16. The van der Waals surface area contributed by atoms with E-state index in [0.717, 1.165) is 33.8 Å². The zero-order valence-corrected chi connectivity index (χ0v) is 16.1. The first-order valence-electron chi connectivity index (χ1n) is 8.62. The van der Waals surface area contributed by atoms with Crippen LogP contribution in [0.2, 0.25) is 0 Å². The Morgan fingerprint density at radius 3 is 2.63 bits per heavy atom. The predicted molar refractivity (Wildman–Crippen MR) is 103 cm³/mol. The zero-order chi connectivity index (χ0) is 20.0. The van der Waals surface area contributed by atoms with Gasteiger partial charge in [0.2, 0.25) is 5.91 Å². The molecule has 0 spiro atoms. The largest absolute Gasteiger partial charge is 0.483 e. The molecule has 1 amide bonds. The lowest BCUT2D eigenvalue weighted by molar-refractivity contribution is -0.129. The number of carbonyl (C=O) groups excluding carboxylic acids is 1. The molecule has 8 nitrogen and oxygen atoms in total. The molecule has 2 N–H and O–H groups in total. The van der Waals surface area contributed by atoms with E-state index in [1.807, 2.05) is 56.8 Å². The molecule has 27 heavy (non-hydrogen) atoms. The van der Waals surface area contributed by atoms with Crippen LogP contribution in [0.1, 0.15) is 22.8 Å². The highest BCUT2D eigenvalue weighted by Crippen LogP contribution is 2.14. The third-order valence-electron chi connectivity index (χ3n) is 4.20. The van der Waals surface area contributed by atoms with Gasteiger partial charge in [0.25, 0.3) is 6.47 Å². The van der Waals surface area contributed by atoms with E-state index < -0.39 is 0 Å².